The molecular formula is C16H16N6O. The lowest BCUT2D eigenvalue weighted by Crippen LogP contribution is -2.44. The summed E-state index contributed by atoms with van der Waals surface area (Å²) in [6.07, 6.45) is 3.50. The minimum atomic E-state index is 0.465. The molecule has 7 heteroatoms. The molecule has 0 unspecified atom stereocenters. The molecule has 4 heterocycles. The molecule has 3 aromatic rings. The van der Waals surface area contributed by atoms with E-state index in [0.717, 1.165) is 37.6 Å². The second-order valence-corrected chi connectivity index (χ2v) is 5.25. The fraction of sp³-hybridized carbons (Fsp3) is 0.250. The van der Waals surface area contributed by atoms with Crippen LogP contribution in [0.25, 0.3) is 23.0 Å². The Balaban J connectivity index is 1.70. The van der Waals surface area contributed by atoms with E-state index in [1.54, 1.807) is 12.4 Å². The zero-order chi connectivity index (χ0) is 15.5. The molecule has 116 valence electrons. The minimum Gasteiger partial charge on any atom is -0.353 e. The second-order valence-electron chi connectivity index (χ2n) is 5.25. The van der Waals surface area contributed by atoms with E-state index in [0.29, 0.717) is 17.4 Å². The van der Waals surface area contributed by atoms with Crippen LogP contribution in [0.1, 0.15) is 0 Å². The summed E-state index contributed by atoms with van der Waals surface area (Å²) in [5.41, 5.74) is 1.54. The van der Waals surface area contributed by atoms with Crippen molar-refractivity contribution in [2.45, 2.75) is 0 Å². The van der Waals surface area contributed by atoms with Crippen LogP contribution in [0.5, 0.6) is 0 Å². The lowest BCUT2D eigenvalue weighted by molar-refractivity contribution is 0.432. The van der Waals surface area contributed by atoms with Crippen molar-refractivity contribution in [2.75, 3.05) is 31.1 Å². The van der Waals surface area contributed by atoms with Gasteiger partial charge in [-0.25, -0.2) is 4.98 Å². The van der Waals surface area contributed by atoms with Gasteiger partial charge in [0.1, 0.15) is 11.5 Å². The number of nitrogens with one attached hydrogen (secondary N) is 1. The van der Waals surface area contributed by atoms with Gasteiger partial charge in [-0.3, -0.25) is 4.98 Å². The van der Waals surface area contributed by atoms with E-state index >= 15 is 0 Å². The van der Waals surface area contributed by atoms with Crippen LogP contribution >= 0.6 is 0 Å². The number of rotatable bonds is 3. The molecule has 3 aromatic heterocycles. The van der Waals surface area contributed by atoms with Gasteiger partial charge >= 0.3 is 0 Å². The molecule has 4 rings (SSSR count). The number of hydrogen-bond acceptors (Lipinski definition) is 7. The number of pyridine rings is 2. The highest BCUT2D eigenvalue weighted by Crippen LogP contribution is 2.28. The SMILES string of the molecule is c1ccc(-c2noc(-c3cccnc3N3CCNCC3)n2)nc1. The van der Waals surface area contributed by atoms with Crippen molar-refractivity contribution in [3.8, 4) is 23.0 Å². The van der Waals surface area contributed by atoms with E-state index in [2.05, 4.69) is 30.3 Å². The van der Waals surface area contributed by atoms with Gasteiger partial charge in [0.2, 0.25) is 5.82 Å². The first-order valence-electron chi connectivity index (χ1n) is 7.58. The third-order valence-corrected chi connectivity index (χ3v) is 3.75. The summed E-state index contributed by atoms with van der Waals surface area (Å²) < 4.78 is 5.45. The number of nitrogens with zero attached hydrogens (tertiary/aromatic N) is 5. The highest BCUT2D eigenvalue weighted by molar-refractivity contribution is 5.70. The normalized spacial score (nSPS) is 14.9. The maximum atomic E-state index is 5.45. The summed E-state index contributed by atoms with van der Waals surface area (Å²) in [4.78, 5) is 15.5. The van der Waals surface area contributed by atoms with Crippen LogP contribution < -0.4 is 10.2 Å². The summed E-state index contributed by atoms with van der Waals surface area (Å²) in [6, 6.07) is 9.45. The third-order valence-electron chi connectivity index (χ3n) is 3.75. The Bertz CT molecular complexity index is 782. The molecular weight excluding hydrogens is 292 g/mol. The van der Waals surface area contributed by atoms with Gasteiger partial charge in [-0.1, -0.05) is 11.2 Å². The Morgan fingerprint density at radius 2 is 1.87 bits per heavy atom. The van der Waals surface area contributed by atoms with Crippen LogP contribution in [0.15, 0.2) is 47.2 Å². The number of anilines is 1. The van der Waals surface area contributed by atoms with Gasteiger partial charge in [0, 0.05) is 38.6 Å². The van der Waals surface area contributed by atoms with Crippen molar-refractivity contribution in [3.05, 3.63) is 42.7 Å². The molecule has 1 fully saturated rings. The summed E-state index contributed by atoms with van der Waals surface area (Å²) >= 11 is 0. The quantitative estimate of drug-likeness (QED) is 0.787. The van der Waals surface area contributed by atoms with Crippen LogP contribution in [0.4, 0.5) is 5.82 Å². The molecule has 0 saturated carbocycles. The fourth-order valence-electron chi connectivity index (χ4n) is 2.62. The van der Waals surface area contributed by atoms with E-state index in [1.807, 2.05) is 30.3 Å². The van der Waals surface area contributed by atoms with Crippen molar-refractivity contribution in [1.82, 2.24) is 25.4 Å². The Hall–Kier alpha value is -2.80. The summed E-state index contributed by atoms with van der Waals surface area (Å²) in [5.74, 6) is 1.83. The highest BCUT2D eigenvalue weighted by Gasteiger charge is 2.20. The zero-order valence-electron chi connectivity index (χ0n) is 12.5. The summed E-state index contributed by atoms with van der Waals surface area (Å²) in [7, 11) is 0. The smallest absolute Gasteiger partial charge is 0.262 e. The largest absolute Gasteiger partial charge is 0.353 e. The maximum Gasteiger partial charge on any atom is 0.262 e. The minimum absolute atomic E-state index is 0.465. The fourth-order valence-corrected chi connectivity index (χ4v) is 2.62. The molecule has 0 atom stereocenters. The molecule has 1 aliphatic heterocycles. The molecule has 1 N–H and O–H groups in total. The van der Waals surface area contributed by atoms with E-state index in [4.69, 9.17) is 4.52 Å². The van der Waals surface area contributed by atoms with Crippen LogP contribution in [0.3, 0.4) is 0 Å². The highest BCUT2D eigenvalue weighted by atomic mass is 16.5. The van der Waals surface area contributed by atoms with Crippen molar-refractivity contribution in [2.24, 2.45) is 0 Å². The van der Waals surface area contributed by atoms with E-state index in [9.17, 15) is 0 Å². The maximum absolute atomic E-state index is 5.45. The lowest BCUT2D eigenvalue weighted by Gasteiger charge is -2.29. The molecule has 0 bridgehead atoms. The summed E-state index contributed by atoms with van der Waals surface area (Å²) in [6.45, 7) is 3.70. The first-order valence-corrected chi connectivity index (χ1v) is 7.58. The van der Waals surface area contributed by atoms with Crippen LogP contribution in [0, 0.1) is 0 Å². The Morgan fingerprint density at radius 3 is 2.70 bits per heavy atom. The third kappa shape index (κ3) is 2.78. The predicted molar refractivity (Wildman–Crippen MR) is 85.8 cm³/mol. The van der Waals surface area contributed by atoms with E-state index in [1.165, 1.54) is 0 Å². The van der Waals surface area contributed by atoms with Gasteiger partial charge in [-0.2, -0.15) is 4.98 Å². The first kappa shape index (κ1) is 13.8. The van der Waals surface area contributed by atoms with Crippen LogP contribution in [-0.4, -0.2) is 46.3 Å². The molecule has 7 nitrogen and oxygen atoms in total. The molecule has 1 saturated heterocycles. The van der Waals surface area contributed by atoms with Crippen LogP contribution in [-0.2, 0) is 0 Å². The van der Waals surface area contributed by atoms with Gasteiger partial charge in [-0.05, 0) is 24.3 Å². The molecule has 0 spiro atoms. The molecule has 0 aliphatic carbocycles. The topological polar surface area (TPSA) is 80.0 Å². The lowest BCUT2D eigenvalue weighted by atomic mass is 10.2. The molecule has 23 heavy (non-hydrogen) atoms. The van der Waals surface area contributed by atoms with Gasteiger partial charge in [-0.15, -0.1) is 0 Å². The number of hydrogen-bond donors (Lipinski definition) is 1. The van der Waals surface area contributed by atoms with Gasteiger partial charge < -0.3 is 14.7 Å². The second kappa shape index (κ2) is 6.13. The van der Waals surface area contributed by atoms with Crippen LogP contribution in [0.2, 0.25) is 0 Å². The Kier molecular flexibility index (Phi) is 3.69. The average molecular weight is 308 g/mol. The van der Waals surface area contributed by atoms with Gasteiger partial charge in [0.15, 0.2) is 0 Å². The van der Waals surface area contributed by atoms with E-state index in [-0.39, 0.29) is 0 Å². The average Bonchev–Trinajstić information content (AvgIpc) is 3.13. The predicted octanol–water partition coefficient (Wildman–Crippen LogP) is 1.60. The monoisotopic (exact) mass is 308 g/mol. The van der Waals surface area contributed by atoms with Crippen molar-refractivity contribution >= 4 is 5.82 Å². The zero-order valence-corrected chi connectivity index (χ0v) is 12.5. The summed E-state index contributed by atoms with van der Waals surface area (Å²) in [5, 5.41) is 7.38. The van der Waals surface area contributed by atoms with Crippen molar-refractivity contribution < 1.29 is 4.52 Å². The first-order chi connectivity index (χ1) is 11.4. The van der Waals surface area contributed by atoms with Gasteiger partial charge in [0.05, 0.1) is 5.56 Å². The molecule has 0 radical (unpaired) electrons. The number of aromatic nitrogens is 4. The number of piperazine rings is 1. The molecule has 0 amide bonds. The van der Waals surface area contributed by atoms with Crippen molar-refractivity contribution in [3.63, 3.8) is 0 Å². The molecule has 0 aromatic carbocycles. The Morgan fingerprint density at radius 1 is 1.00 bits per heavy atom. The van der Waals surface area contributed by atoms with Crippen molar-refractivity contribution in [1.29, 1.82) is 0 Å². The Labute approximate surface area is 133 Å². The van der Waals surface area contributed by atoms with E-state index < -0.39 is 0 Å². The van der Waals surface area contributed by atoms with Gasteiger partial charge in [0.25, 0.3) is 5.89 Å². The molecule has 1 aliphatic rings. The standard InChI is InChI=1S/C16H16N6O/c1-2-6-18-13(5-1)14-20-16(23-21-14)12-4-3-7-19-15(12)22-10-8-17-9-11-22/h1-7,17H,8-11H2.